The fraction of sp³-hybridized carbons (Fsp3) is 0.615. The molecule has 24 heavy (non-hydrogen) atoms. The second-order valence-electron chi connectivity index (χ2n) is 5.41. The summed E-state index contributed by atoms with van der Waals surface area (Å²) in [6.07, 6.45) is 1.54. The molecule has 11 heteroatoms. The van der Waals surface area contributed by atoms with E-state index < -0.39 is 27.3 Å². The van der Waals surface area contributed by atoms with Gasteiger partial charge < -0.3 is 9.64 Å². The number of amides is 1. The number of methoxy groups -OCH3 is 1. The third-order valence-corrected chi connectivity index (χ3v) is 6.23. The lowest BCUT2D eigenvalue weighted by atomic mass is 10.2. The molecule has 0 bridgehead atoms. The molecule has 1 atom stereocenters. The third-order valence-electron chi connectivity index (χ3n) is 3.73. The van der Waals surface area contributed by atoms with Gasteiger partial charge in [-0.25, -0.2) is 13.1 Å². The zero-order chi connectivity index (χ0) is 17.9. The number of carbonyl (C=O) groups excluding carboxylic acids is 1. The maximum absolute atomic E-state index is 12.6. The highest BCUT2D eigenvalue weighted by molar-refractivity contribution is 7.91. The fourth-order valence-corrected chi connectivity index (χ4v) is 4.50. The Morgan fingerprint density at radius 2 is 2.21 bits per heavy atom. The Morgan fingerprint density at radius 3 is 2.79 bits per heavy atom. The summed E-state index contributed by atoms with van der Waals surface area (Å²) in [5.41, 5.74) is -0.678. The maximum Gasteiger partial charge on any atom is 0.287 e. The first kappa shape index (κ1) is 19.2. The quantitative estimate of drug-likeness (QED) is 0.680. The molecule has 1 saturated heterocycles. The molecule has 134 valence electrons. The molecule has 0 unspecified atom stereocenters. The lowest BCUT2D eigenvalue weighted by molar-refractivity contribution is -0.134. The number of ether oxygens (including phenoxy) is 1. The molecule has 1 fully saturated rings. The minimum Gasteiger partial charge on any atom is -0.383 e. The fourth-order valence-electron chi connectivity index (χ4n) is 2.50. The van der Waals surface area contributed by atoms with Crippen molar-refractivity contribution in [1.29, 1.82) is 0 Å². The Morgan fingerprint density at radius 1 is 1.50 bits per heavy atom. The van der Waals surface area contributed by atoms with Crippen LogP contribution in [0.1, 0.15) is 6.42 Å². The van der Waals surface area contributed by atoms with Crippen LogP contribution in [0.15, 0.2) is 11.0 Å². The van der Waals surface area contributed by atoms with Crippen molar-refractivity contribution < 1.29 is 17.9 Å². The minimum atomic E-state index is -3.15. The molecule has 2 heterocycles. The standard InChI is InChI=1S/C13H17Cl2N3O5S/c1-23-4-3-17(9-2-5-24(21,22)8-9)11(19)7-18-13(20)12(15)10(14)6-16-18/h6,9H,2-5,7-8H2,1H3/t9-/m1/s1. The molecule has 0 radical (unpaired) electrons. The molecule has 1 aliphatic heterocycles. The highest BCUT2D eigenvalue weighted by Gasteiger charge is 2.34. The highest BCUT2D eigenvalue weighted by Crippen LogP contribution is 2.18. The van der Waals surface area contributed by atoms with Gasteiger partial charge in [0.05, 0.1) is 29.3 Å². The number of nitrogens with zero attached hydrogens (tertiary/aromatic N) is 3. The summed E-state index contributed by atoms with van der Waals surface area (Å²) >= 11 is 11.5. The van der Waals surface area contributed by atoms with Crippen LogP contribution in [0.3, 0.4) is 0 Å². The van der Waals surface area contributed by atoms with Gasteiger partial charge in [0.2, 0.25) is 5.91 Å². The van der Waals surface area contributed by atoms with Crippen LogP contribution in [0.2, 0.25) is 10.0 Å². The summed E-state index contributed by atoms with van der Waals surface area (Å²) in [5, 5.41) is 3.57. The van der Waals surface area contributed by atoms with E-state index in [4.69, 9.17) is 27.9 Å². The molecule has 2 rings (SSSR count). The van der Waals surface area contributed by atoms with E-state index in [-0.39, 0.29) is 41.2 Å². The second kappa shape index (κ2) is 7.81. The van der Waals surface area contributed by atoms with Gasteiger partial charge in [-0.15, -0.1) is 0 Å². The first-order valence-electron chi connectivity index (χ1n) is 7.15. The van der Waals surface area contributed by atoms with Crippen molar-refractivity contribution in [3.63, 3.8) is 0 Å². The first-order valence-corrected chi connectivity index (χ1v) is 9.73. The van der Waals surface area contributed by atoms with Gasteiger partial charge in [0, 0.05) is 19.7 Å². The van der Waals surface area contributed by atoms with Gasteiger partial charge >= 0.3 is 0 Å². The van der Waals surface area contributed by atoms with Gasteiger partial charge in [0.25, 0.3) is 5.56 Å². The van der Waals surface area contributed by atoms with Crippen molar-refractivity contribution in [1.82, 2.24) is 14.7 Å². The largest absolute Gasteiger partial charge is 0.383 e. The van der Waals surface area contributed by atoms with Crippen molar-refractivity contribution in [3.05, 3.63) is 26.6 Å². The third kappa shape index (κ3) is 4.47. The Labute approximate surface area is 149 Å². The average Bonchev–Trinajstić information content (AvgIpc) is 2.88. The summed E-state index contributed by atoms with van der Waals surface area (Å²) in [4.78, 5) is 26.0. The topological polar surface area (TPSA) is 98.6 Å². The van der Waals surface area contributed by atoms with E-state index >= 15 is 0 Å². The predicted octanol–water partition coefficient (Wildman–Crippen LogP) is 0.212. The number of rotatable bonds is 6. The van der Waals surface area contributed by atoms with Gasteiger partial charge in [0.1, 0.15) is 11.6 Å². The monoisotopic (exact) mass is 397 g/mol. The zero-order valence-corrected chi connectivity index (χ0v) is 15.3. The molecule has 8 nitrogen and oxygen atoms in total. The normalized spacial score (nSPS) is 19.4. The van der Waals surface area contributed by atoms with E-state index in [9.17, 15) is 18.0 Å². The lowest BCUT2D eigenvalue weighted by Crippen LogP contribution is -2.45. The van der Waals surface area contributed by atoms with Gasteiger partial charge in [0.15, 0.2) is 9.84 Å². The molecule has 1 aromatic heterocycles. The number of carbonyl (C=O) groups is 1. The molecule has 1 aromatic rings. The summed E-state index contributed by atoms with van der Waals surface area (Å²) in [6, 6.07) is -0.434. The number of sulfone groups is 1. The Balaban J connectivity index is 2.19. The van der Waals surface area contributed by atoms with Crippen molar-refractivity contribution in [2.45, 2.75) is 19.0 Å². The molecule has 0 spiro atoms. The van der Waals surface area contributed by atoms with Gasteiger partial charge in [-0.2, -0.15) is 5.10 Å². The molecular formula is C13H17Cl2N3O5S. The minimum absolute atomic E-state index is 0.00323. The number of hydrogen-bond acceptors (Lipinski definition) is 6. The summed E-state index contributed by atoms with van der Waals surface area (Å²) in [5.74, 6) is -0.479. The van der Waals surface area contributed by atoms with Gasteiger partial charge in [-0.3, -0.25) is 9.59 Å². The summed E-state index contributed by atoms with van der Waals surface area (Å²) in [7, 11) is -1.66. The molecule has 1 amide bonds. The Kier molecular flexibility index (Phi) is 6.24. The van der Waals surface area contributed by atoms with Crippen LogP contribution in [-0.2, 0) is 25.9 Å². The lowest BCUT2D eigenvalue weighted by Gasteiger charge is -2.28. The Bertz CT molecular complexity index is 780. The average molecular weight is 398 g/mol. The van der Waals surface area contributed by atoms with E-state index in [1.165, 1.54) is 18.2 Å². The predicted molar refractivity (Wildman–Crippen MR) is 89.2 cm³/mol. The zero-order valence-electron chi connectivity index (χ0n) is 12.9. The van der Waals surface area contributed by atoms with Crippen molar-refractivity contribution >= 4 is 38.9 Å². The van der Waals surface area contributed by atoms with Crippen molar-refractivity contribution in [2.75, 3.05) is 31.8 Å². The van der Waals surface area contributed by atoms with Gasteiger partial charge in [-0.05, 0) is 6.42 Å². The highest BCUT2D eigenvalue weighted by atomic mass is 35.5. The maximum atomic E-state index is 12.6. The van der Waals surface area contributed by atoms with Crippen LogP contribution in [-0.4, -0.2) is 66.8 Å². The van der Waals surface area contributed by atoms with Crippen LogP contribution in [0.4, 0.5) is 0 Å². The van der Waals surface area contributed by atoms with Crippen LogP contribution in [0.25, 0.3) is 0 Å². The van der Waals surface area contributed by atoms with Crippen LogP contribution >= 0.6 is 23.2 Å². The molecular weight excluding hydrogens is 381 g/mol. The smallest absolute Gasteiger partial charge is 0.287 e. The molecule has 0 saturated carbocycles. The van der Waals surface area contributed by atoms with Crippen molar-refractivity contribution in [3.8, 4) is 0 Å². The molecule has 1 aliphatic rings. The summed E-state index contributed by atoms with van der Waals surface area (Å²) < 4.78 is 29.2. The Hall–Kier alpha value is -1.16. The summed E-state index contributed by atoms with van der Waals surface area (Å²) in [6.45, 7) is 0.133. The van der Waals surface area contributed by atoms with E-state index in [1.54, 1.807) is 0 Å². The van der Waals surface area contributed by atoms with E-state index in [1.807, 2.05) is 0 Å². The molecule has 0 aliphatic carbocycles. The van der Waals surface area contributed by atoms with Crippen LogP contribution in [0, 0.1) is 0 Å². The van der Waals surface area contributed by atoms with Crippen molar-refractivity contribution in [2.24, 2.45) is 0 Å². The van der Waals surface area contributed by atoms with Gasteiger partial charge in [-0.1, -0.05) is 23.2 Å². The first-order chi connectivity index (χ1) is 11.2. The second-order valence-corrected chi connectivity index (χ2v) is 8.42. The molecule has 0 aromatic carbocycles. The van der Waals surface area contributed by atoms with E-state index in [2.05, 4.69) is 5.10 Å². The van der Waals surface area contributed by atoms with E-state index in [0.717, 1.165) is 4.68 Å². The number of halogens is 2. The van der Waals surface area contributed by atoms with Crippen LogP contribution < -0.4 is 5.56 Å². The SMILES string of the molecule is COCCN(C(=O)Cn1ncc(Cl)c(Cl)c1=O)[C@@H]1CCS(=O)(=O)C1. The number of hydrogen-bond donors (Lipinski definition) is 0. The van der Waals surface area contributed by atoms with Crippen LogP contribution in [0.5, 0.6) is 0 Å². The number of aromatic nitrogens is 2. The van der Waals surface area contributed by atoms with E-state index in [0.29, 0.717) is 6.42 Å². The molecule has 0 N–H and O–H groups in total.